The molecule has 3 rings (SSSR count). The first-order valence-corrected chi connectivity index (χ1v) is 11.9. The standard InChI is InChI=1S/C26H31ClFN3O4/c1-5-23(35-17(2)3)20-8-7-19(15-24(20)34-4)30-11-10-26(33)31(13-12-30)16-25(32)29-18-6-9-22(28)21(27)14-18/h5-9,14-15,17H,10-13,16H2,1-4H3,(H,29,32)/b23-5-. The normalized spacial score (nSPS) is 14.7. The van der Waals surface area contributed by atoms with E-state index in [0.29, 0.717) is 31.1 Å². The molecule has 0 atom stereocenters. The molecule has 0 aromatic heterocycles. The highest BCUT2D eigenvalue weighted by atomic mass is 35.5. The summed E-state index contributed by atoms with van der Waals surface area (Å²) in [4.78, 5) is 28.8. The van der Waals surface area contributed by atoms with Crippen LogP contribution in [0.4, 0.5) is 15.8 Å². The third-order valence-corrected chi connectivity index (χ3v) is 5.86. The molecule has 7 nitrogen and oxygen atoms in total. The summed E-state index contributed by atoms with van der Waals surface area (Å²) < 4.78 is 24.9. The lowest BCUT2D eigenvalue weighted by Crippen LogP contribution is -2.39. The fraction of sp³-hybridized carbons (Fsp3) is 0.385. The van der Waals surface area contributed by atoms with Gasteiger partial charge in [0.1, 0.15) is 17.3 Å². The fourth-order valence-corrected chi connectivity index (χ4v) is 4.04. The van der Waals surface area contributed by atoms with Gasteiger partial charge in [0.15, 0.2) is 0 Å². The van der Waals surface area contributed by atoms with E-state index >= 15 is 0 Å². The van der Waals surface area contributed by atoms with Gasteiger partial charge in [-0.15, -0.1) is 0 Å². The Morgan fingerprint density at radius 1 is 1.20 bits per heavy atom. The SMILES string of the molecule is C/C=C(\OC(C)C)c1ccc(N2CCC(=O)N(CC(=O)Nc3ccc(F)c(Cl)c3)CC2)cc1OC. The number of hydrogen-bond donors (Lipinski definition) is 1. The fourth-order valence-electron chi connectivity index (χ4n) is 3.86. The van der Waals surface area contributed by atoms with Crippen LogP contribution in [-0.2, 0) is 14.3 Å². The van der Waals surface area contributed by atoms with Gasteiger partial charge in [-0.1, -0.05) is 11.6 Å². The molecule has 9 heteroatoms. The number of allylic oxidation sites excluding steroid dienone is 1. The van der Waals surface area contributed by atoms with Crippen molar-refractivity contribution in [3.63, 3.8) is 0 Å². The second-order valence-corrected chi connectivity index (χ2v) is 8.84. The summed E-state index contributed by atoms with van der Waals surface area (Å²) in [6, 6.07) is 9.82. The van der Waals surface area contributed by atoms with Crippen LogP contribution in [0.2, 0.25) is 5.02 Å². The van der Waals surface area contributed by atoms with Gasteiger partial charge in [0.2, 0.25) is 11.8 Å². The number of anilines is 2. The third-order valence-electron chi connectivity index (χ3n) is 5.57. The molecule has 1 heterocycles. The quantitative estimate of drug-likeness (QED) is 0.516. The van der Waals surface area contributed by atoms with Gasteiger partial charge in [-0.2, -0.15) is 0 Å². The summed E-state index contributed by atoms with van der Waals surface area (Å²) in [5, 5.41) is 2.58. The Hall–Kier alpha value is -3.26. The van der Waals surface area contributed by atoms with Crippen LogP contribution in [0.25, 0.3) is 5.76 Å². The van der Waals surface area contributed by atoms with Crippen LogP contribution < -0.4 is 15.0 Å². The molecule has 1 saturated heterocycles. The summed E-state index contributed by atoms with van der Waals surface area (Å²) in [5.74, 6) is 0.385. The van der Waals surface area contributed by atoms with Crippen molar-refractivity contribution in [2.75, 3.05) is 43.5 Å². The van der Waals surface area contributed by atoms with Crippen LogP contribution in [-0.4, -0.2) is 56.1 Å². The van der Waals surface area contributed by atoms with E-state index in [1.54, 1.807) is 7.11 Å². The number of carbonyl (C=O) groups excluding carboxylic acids is 2. The Morgan fingerprint density at radius 2 is 1.97 bits per heavy atom. The van der Waals surface area contributed by atoms with E-state index < -0.39 is 5.82 Å². The maximum Gasteiger partial charge on any atom is 0.243 e. The zero-order chi connectivity index (χ0) is 25.5. The van der Waals surface area contributed by atoms with Gasteiger partial charge >= 0.3 is 0 Å². The van der Waals surface area contributed by atoms with Gasteiger partial charge in [-0.05, 0) is 57.2 Å². The third kappa shape index (κ3) is 6.88. The van der Waals surface area contributed by atoms with E-state index in [2.05, 4.69) is 10.2 Å². The molecule has 2 aromatic rings. The van der Waals surface area contributed by atoms with Gasteiger partial charge in [0.05, 0.1) is 30.3 Å². The predicted octanol–water partition coefficient (Wildman–Crippen LogP) is 4.95. The zero-order valence-corrected chi connectivity index (χ0v) is 21.2. The molecular weight excluding hydrogens is 473 g/mol. The summed E-state index contributed by atoms with van der Waals surface area (Å²) >= 11 is 5.77. The minimum Gasteiger partial charge on any atom is -0.496 e. The van der Waals surface area contributed by atoms with Crippen LogP contribution >= 0.6 is 11.6 Å². The van der Waals surface area contributed by atoms with E-state index in [4.69, 9.17) is 21.1 Å². The average molecular weight is 504 g/mol. The number of rotatable bonds is 8. The number of methoxy groups -OCH3 is 1. The molecule has 0 bridgehead atoms. The number of hydrogen-bond acceptors (Lipinski definition) is 5. The van der Waals surface area contributed by atoms with E-state index in [1.165, 1.54) is 23.1 Å². The summed E-state index contributed by atoms with van der Waals surface area (Å²) in [5.41, 5.74) is 2.16. The predicted molar refractivity (Wildman–Crippen MR) is 136 cm³/mol. The maximum absolute atomic E-state index is 13.3. The Morgan fingerprint density at radius 3 is 2.63 bits per heavy atom. The zero-order valence-electron chi connectivity index (χ0n) is 20.4. The number of amides is 2. The topological polar surface area (TPSA) is 71.1 Å². The molecule has 1 aliphatic heterocycles. The minimum absolute atomic E-state index is 0.0328. The van der Waals surface area contributed by atoms with Crippen LogP contribution in [0.1, 0.15) is 32.8 Å². The maximum atomic E-state index is 13.3. The van der Waals surface area contributed by atoms with Gasteiger partial charge in [-0.25, -0.2) is 4.39 Å². The summed E-state index contributed by atoms with van der Waals surface area (Å²) in [6.07, 6.45) is 2.21. The Balaban J connectivity index is 1.67. The molecule has 2 amide bonds. The second kappa shape index (κ2) is 11.9. The van der Waals surface area contributed by atoms with Crippen LogP contribution in [0, 0.1) is 5.82 Å². The Bertz CT molecular complexity index is 1110. The smallest absolute Gasteiger partial charge is 0.243 e. The average Bonchev–Trinajstić information content (AvgIpc) is 3.01. The first kappa shape index (κ1) is 26.3. The molecular formula is C26H31ClFN3O4. The molecule has 0 saturated carbocycles. The van der Waals surface area contributed by atoms with Crippen molar-refractivity contribution in [1.29, 1.82) is 0 Å². The largest absolute Gasteiger partial charge is 0.496 e. The van der Waals surface area contributed by atoms with Crippen molar-refractivity contribution in [2.24, 2.45) is 0 Å². The van der Waals surface area contributed by atoms with E-state index in [9.17, 15) is 14.0 Å². The molecule has 188 valence electrons. The summed E-state index contributed by atoms with van der Waals surface area (Å²) in [6.45, 7) is 7.23. The number of benzene rings is 2. The van der Waals surface area contributed by atoms with E-state index in [1.807, 2.05) is 45.0 Å². The molecule has 1 aliphatic rings. The lowest BCUT2D eigenvalue weighted by molar-refractivity contribution is -0.133. The molecule has 1 fully saturated rings. The van der Waals surface area contributed by atoms with Crippen molar-refractivity contribution in [2.45, 2.75) is 33.3 Å². The highest BCUT2D eigenvalue weighted by Gasteiger charge is 2.24. The molecule has 0 unspecified atom stereocenters. The highest BCUT2D eigenvalue weighted by Crippen LogP contribution is 2.32. The number of nitrogens with zero attached hydrogens (tertiary/aromatic N) is 2. The molecule has 0 radical (unpaired) electrons. The molecule has 1 N–H and O–H groups in total. The van der Waals surface area contributed by atoms with Gasteiger partial charge in [-0.3, -0.25) is 9.59 Å². The van der Waals surface area contributed by atoms with Crippen molar-refractivity contribution >= 4 is 40.5 Å². The first-order valence-electron chi connectivity index (χ1n) is 11.5. The van der Waals surface area contributed by atoms with Gasteiger partial charge < -0.3 is 24.6 Å². The van der Waals surface area contributed by atoms with Crippen molar-refractivity contribution < 1.29 is 23.5 Å². The van der Waals surface area contributed by atoms with Crippen molar-refractivity contribution in [3.8, 4) is 5.75 Å². The van der Waals surface area contributed by atoms with Gasteiger partial charge in [0.25, 0.3) is 0 Å². The first-order chi connectivity index (χ1) is 16.7. The molecule has 0 spiro atoms. The van der Waals surface area contributed by atoms with Crippen molar-refractivity contribution in [1.82, 2.24) is 4.90 Å². The second-order valence-electron chi connectivity index (χ2n) is 8.43. The lowest BCUT2D eigenvalue weighted by Gasteiger charge is -2.25. The van der Waals surface area contributed by atoms with Crippen LogP contribution in [0.15, 0.2) is 42.5 Å². The van der Waals surface area contributed by atoms with Crippen LogP contribution in [0.5, 0.6) is 5.75 Å². The van der Waals surface area contributed by atoms with Crippen molar-refractivity contribution in [3.05, 3.63) is 58.9 Å². The van der Waals surface area contributed by atoms with Crippen LogP contribution in [0.3, 0.4) is 0 Å². The molecule has 35 heavy (non-hydrogen) atoms. The minimum atomic E-state index is -0.563. The highest BCUT2D eigenvalue weighted by molar-refractivity contribution is 6.31. The number of ether oxygens (including phenoxy) is 2. The Kier molecular flexibility index (Phi) is 8.98. The Labute approximate surface area is 210 Å². The molecule has 2 aromatic carbocycles. The van der Waals surface area contributed by atoms with E-state index in [-0.39, 0.29) is 35.9 Å². The molecule has 0 aliphatic carbocycles. The number of nitrogens with one attached hydrogen (secondary N) is 1. The number of carbonyl (C=O) groups is 2. The summed E-state index contributed by atoms with van der Waals surface area (Å²) in [7, 11) is 1.62. The lowest BCUT2D eigenvalue weighted by atomic mass is 10.1. The number of halogens is 2. The van der Waals surface area contributed by atoms with Gasteiger partial charge in [0, 0.05) is 43.5 Å². The van der Waals surface area contributed by atoms with E-state index in [0.717, 1.165) is 17.0 Å². The monoisotopic (exact) mass is 503 g/mol.